The second kappa shape index (κ2) is 5.23. The first kappa shape index (κ1) is 13.1. The van der Waals surface area contributed by atoms with Gasteiger partial charge in [0.15, 0.2) is 0 Å². The number of aromatic nitrogens is 1. The molecule has 0 saturated carbocycles. The van der Waals surface area contributed by atoms with E-state index in [1.807, 2.05) is 12.1 Å². The molecule has 20 heavy (non-hydrogen) atoms. The van der Waals surface area contributed by atoms with Crippen molar-refractivity contribution >= 4 is 33.0 Å². The smallest absolute Gasteiger partial charge is 0.269 e. The standard InChI is InChI=1S/C15H10ClNO2S/c16-11-5-3-4-10(8-11)9-17-14(18)12-6-1-2-7-13(12)20-15(17)19/h1-8H,9H2. The van der Waals surface area contributed by atoms with Crippen LogP contribution in [0.15, 0.2) is 58.1 Å². The number of nitrogens with zero attached hydrogens (tertiary/aromatic N) is 1. The Hall–Kier alpha value is -1.91. The molecule has 0 bridgehead atoms. The summed E-state index contributed by atoms with van der Waals surface area (Å²) in [6.07, 6.45) is 0. The summed E-state index contributed by atoms with van der Waals surface area (Å²) in [5.74, 6) is 0. The van der Waals surface area contributed by atoms with Crippen LogP contribution in [-0.4, -0.2) is 4.57 Å². The zero-order valence-electron chi connectivity index (χ0n) is 10.4. The van der Waals surface area contributed by atoms with Gasteiger partial charge in [0.25, 0.3) is 5.56 Å². The summed E-state index contributed by atoms with van der Waals surface area (Å²) in [6, 6.07) is 14.3. The molecule has 1 heterocycles. The zero-order valence-corrected chi connectivity index (χ0v) is 11.9. The van der Waals surface area contributed by atoms with Crippen molar-refractivity contribution in [3.05, 3.63) is 79.1 Å². The molecule has 5 heteroatoms. The number of fused-ring (bicyclic) bond motifs is 1. The van der Waals surface area contributed by atoms with Crippen molar-refractivity contribution in [2.24, 2.45) is 0 Å². The van der Waals surface area contributed by atoms with Crippen LogP contribution in [0, 0.1) is 0 Å². The topological polar surface area (TPSA) is 39.1 Å². The lowest BCUT2D eigenvalue weighted by Gasteiger charge is -2.06. The van der Waals surface area contributed by atoms with E-state index in [0.717, 1.165) is 16.9 Å². The van der Waals surface area contributed by atoms with Crippen LogP contribution in [-0.2, 0) is 6.54 Å². The van der Waals surface area contributed by atoms with E-state index >= 15 is 0 Å². The number of halogens is 1. The van der Waals surface area contributed by atoms with Crippen LogP contribution in [0.1, 0.15) is 5.56 Å². The quantitative estimate of drug-likeness (QED) is 0.729. The minimum atomic E-state index is -0.260. The van der Waals surface area contributed by atoms with Gasteiger partial charge in [0.2, 0.25) is 0 Å². The Kier molecular flexibility index (Phi) is 3.42. The first-order chi connectivity index (χ1) is 9.65. The molecule has 0 spiro atoms. The van der Waals surface area contributed by atoms with Gasteiger partial charge >= 0.3 is 4.87 Å². The fourth-order valence-electron chi connectivity index (χ4n) is 2.06. The van der Waals surface area contributed by atoms with Crippen molar-refractivity contribution in [1.82, 2.24) is 4.57 Å². The van der Waals surface area contributed by atoms with Crippen molar-refractivity contribution in [3.8, 4) is 0 Å². The Morgan fingerprint density at radius 1 is 1.05 bits per heavy atom. The van der Waals surface area contributed by atoms with E-state index < -0.39 is 0 Å². The van der Waals surface area contributed by atoms with E-state index in [1.54, 1.807) is 36.4 Å². The summed E-state index contributed by atoms with van der Waals surface area (Å²) in [6.45, 7) is 0.236. The molecule has 0 atom stereocenters. The van der Waals surface area contributed by atoms with Gasteiger partial charge in [0.1, 0.15) is 0 Å². The Morgan fingerprint density at radius 2 is 1.85 bits per heavy atom. The highest BCUT2D eigenvalue weighted by Crippen LogP contribution is 2.13. The minimum absolute atomic E-state index is 0.236. The van der Waals surface area contributed by atoms with E-state index in [1.165, 1.54) is 4.57 Å². The summed E-state index contributed by atoms with van der Waals surface area (Å²) in [4.78, 5) is 24.2. The fourth-order valence-corrected chi connectivity index (χ4v) is 3.13. The number of rotatable bonds is 2. The molecule has 0 amide bonds. The molecule has 0 unspecified atom stereocenters. The summed E-state index contributed by atoms with van der Waals surface area (Å²) in [7, 11) is 0. The van der Waals surface area contributed by atoms with Crippen LogP contribution in [0.5, 0.6) is 0 Å². The van der Waals surface area contributed by atoms with Crippen molar-refractivity contribution in [2.75, 3.05) is 0 Å². The molecule has 0 N–H and O–H groups in total. The highest BCUT2D eigenvalue weighted by molar-refractivity contribution is 7.16. The lowest BCUT2D eigenvalue weighted by molar-refractivity contribution is 0.752. The first-order valence-electron chi connectivity index (χ1n) is 6.02. The highest BCUT2D eigenvalue weighted by atomic mass is 35.5. The molecule has 3 aromatic rings. The predicted octanol–water partition coefficient (Wildman–Crippen LogP) is 3.12. The third kappa shape index (κ3) is 2.40. The third-order valence-electron chi connectivity index (χ3n) is 3.01. The van der Waals surface area contributed by atoms with Crippen molar-refractivity contribution in [1.29, 1.82) is 0 Å². The second-order valence-corrected chi connectivity index (χ2v) is 5.81. The monoisotopic (exact) mass is 303 g/mol. The average molecular weight is 304 g/mol. The van der Waals surface area contributed by atoms with Gasteiger partial charge in [-0.05, 0) is 29.8 Å². The molecule has 100 valence electrons. The molecule has 3 nitrogen and oxygen atoms in total. The van der Waals surface area contributed by atoms with Gasteiger partial charge in [0.05, 0.1) is 11.9 Å². The molecular weight excluding hydrogens is 294 g/mol. The number of benzene rings is 2. The number of hydrogen-bond acceptors (Lipinski definition) is 3. The molecular formula is C15H10ClNO2S. The molecule has 0 aliphatic rings. The largest absolute Gasteiger partial charge is 0.310 e. The van der Waals surface area contributed by atoms with Gasteiger partial charge in [-0.15, -0.1) is 0 Å². The zero-order chi connectivity index (χ0) is 14.1. The van der Waals surface area contributed by atoms with E-state index in [0.29, 0.717) is 15.1 Å². The van der Waals surface area contributed by atoms with Crippen LogP contribution in [0.3, 0.4) is 0 Å². The summed E-state index contributed by atoms with van der Waals surface area (Å²) >= 11 is 7.00. The molecule has 0 aliphatic heterocycles. The second-order valence-electron chi connectivity index (χ2n) is 4.39. The molecule has 1 aromatic heterocycles. The Balaban J connectivity index is 2.17. The lowest BCUT2D eigenvalue weighted by Crippen LogP contribution is -2.31. The number of hydrogen-bond donors (Lipinski definition) is 0. The SMILES string of the molecule is O=c1sc2ccccc2c(=O)n1Cc1cccc(Cl)c1. The van der Waals surface area contributed by atoms with Gasteiger partial charge in [-0.25, -0.2) is 0 Å². The summed E-state index contributed by atoms with van der Waals surface area (Å²) in [5.41, 5.74) is 0.573. The van der Waals surface area contributed by atoms with Crippen molar-refractivity contribution in [2.45, 2.75) is 6.54 Å². The fraction of sp³-hybridized carbons (Fsp3) is 0.0667. The van der Waals surface area contributed by atoms with E-state index in [4.69, 9.17) is 11.6 Å². The average Bonchev–Trinajstić information content (AvgIpc) is 2.43. The van der Waals surface area contributed by atoms with Gasteiger partial charge in [-0.1, -0.05) is 47.2 Å². The minimum Gasteiger partial charge on any atom is -0.269 e. The summed E-state index contributed by atoms with van der Waals surface area (Å²) < 4.78 is 1.96. The van der Waals surface area contributed by atoms with Crippen LogP contribution in [0.4, 0.5) is 0 Å². The van der Waals surface area contributed by atoms with E-state index in [9.17, 15) is 9.59 Å². The van der Waals surface area contributed by atoms with Crippen LogP contribution < -0.4 is 10.4 Å². The molecule has 2 aromatic carbocycles. The van der Waals surface area contributed by atoms with Gasteiger partial charge in [-0.2, -0.15) is 0 Å². The van der Waals surface area contributed by atoms with Crippen LogP contribution in [0.25, 0.3) is 10.1 Å². The third-order valence-corrected chi connectivity index (χ3v) is 4.22. The maximum Gasteiger partial charge on any atom is 0.310 e. The van der Waals surface area contributed by atoms with Crippen molar-refractivity contribution in [3.63, 3.8) is 0 Å². The first-order valence-corrected chi connectivity index (χ1v) is 7.22. The normalized spacial score (nSPS) is 10.8. The predicted molar refractivity (Wildman–Crippen MR) is 82.9 cm³/mol. The summed E-state index contributed by atoms with van der Waals surface area (Å²) in [5, 5.41) is 1.16. The van der Waals surface area contributed by atoms with Gasteiger partial charge in [0, 0.05) is 9.72 Å². The maximum absolute atomic E-state index is 12.4. The van der Waals surface area contributed by atoms with E-state index in [2.05, 4.69) is 0 Å². The molecule has 0 saturated heterocycles. The van der Waals surface area contributed by atoms with Gasteiger partial charge < -0.3 is 0 Å². The molecule has 0 radical (unpaired) electrons. The van der Waals surface area contributed by atoms with Gasteiger partial charge in [-0.3, -0.25) is 14.2 Å². The Morgan fingerprint density at radius 3 is 2.65 bits per heavy atom. The Bertz CT molecular complexity index is 898. The Labute approximate surface area is 123 Å². The molecule has 3 rings (SSSR count). The van der Waals surface area contributed by atoms with Crippen molar-refractivity contribution < 1.29 is 0 Å². The van der Waals surface area contributed by atoms with E-state index in [-0.39, 0.29) is 17.0 Å². The molecule has 0 fully saturated rings. The highest BCUT2D eigenvalue weighted by Gasteiger charge is 2.08. The maximum atomic E-state index is 12.4. The van der Waals surface area contributed by atoms with Crippen LogP contribution >= 0.6 is 22.9 Å². The van der Waals surface area contributed by atoms with Crippen LogP contribution in [0.2, 0.25) is 5.02 Å². The molecule has 0 aliphatic carbocycles. The lowest BCUT2D eigenvalue weighted by atomic mass is 10.2.